The normalized spacial score (nSPS) is 11.2. The molecule has 0 radical (unpaired) electrons. The second-order valence-electron chi connectivity index (χ2n) is 7.65. The Morgan fingerprint density at radius 3 is 2.55 bits per heavy atom. The molecular weight excluding hydrogens is 448 g/mol. The van der Waals surface area contributed by atoms with E-state index < -0.39 is 0 Å². The van der Waals surface area contributed by atoms with Crippen LogP contribution in [0.15, 0.2) is 83.3 Å². The third-order valence-corrected chi connectivity index (χ3v) is 5.73. The van der Waals surface area contributed by atoms with Gasteiger partial charge in [0.05, 0.1) is 16.9 Å². The topological polar surface area (TPSA) is 54.5 Å². The molecule has 152 valence electrons. The van der Waals surface area contributed by atoms with Crippen molar-refractivity contribution in [2.75, 3.05) is 0 Å². The highest BCUT2D eigenvalue weighted by Crippen LogP contribution is 2.24. The summed E-state index contributed by atoms with van der Waals surface area (Å²) in [7, 11) is 0. The number of hydrogen-bond acceptors (Lipinski definition) is 3. The highest BCUT2D eigenvalue weighted by atomic mass is 79.9. The average Bonchev–Trinajstić information content (AvgIpc) is 3.15. The van der Waals surface area contributed by atoms with Crippen LogP contribution in [-0.2, 0) is 12.8 Å². The van der Waals surface area contributed by atoms with Crippen LogP contribution >= 0.6 is 15.9 Å². The maximum atomic E-state index is 4.94. The Morgan fingerprint density at radius 1 is 0.806 bits per heavy atom. The molecule has 0 saturated heterocycles. The SMILES string of the molecule is Cc1cccc(-c2nc(Cc3cccc(Br)c3)[nH]c2Cc2ccc3ccccc3n2)n1. The molecule has 5 rings (SSSR count). The first-order chi connectivity index (χ1) is 15.1. The van der Waals surface area contributed by atoms with Crippen molar-refractivity contribution in [3.63, 3.8) is 0 Å². The third kappa shape index (κ3) is 4.42. The molecule has 0 unspecified atom stereocenters. The molecule has 0 spiro atoms. The van der Waals surface area contributed by atoms with E-state index in [9.17, 15) is 0 Å². The van der Waals surface area contributed by atoms with Gasteiger partial charge in [-0.15, -0.1) is 0 Å². The zero-order chi connectivity index (χ0) is 21.2. The number of para-hydroxylation sites is 1. The third-order valence-electron chi connectivity index (χ3n) is 5.23. The van der Waals surface area contributed by atoms with Crippen LogP contribution in [0.2, 0.25) is 0 Å². The van der Waals surface area contributed by atoms with Crippen molar-refractivity contribution < 1.29 is 0 Å². The van der Waals surface area contributed by atoms with Crippen LogP contribution in [0.25, 0.3) is 22.3 Å². The van der Waals surface area contributed by atoms with Crippen molar-refractivity contribution in [2.24, 2.45) is 0 Å². The number of H-pyrrole nitrogens is 1. The van der Waals surface area contributed by atoms with E-state index in [-0.39, 0.29) is 0 Å². The summed E-state index contributed by atoms with van der Waals surface area (Å²) in [6, 6.07) is 26.8. The standard InChI is InChI=1S/C26H21BrN4/c1-17-6-4-11-23(28-17)26-24(16-21-13-12-19-8-2-3-10-22(19)29-21)30-25(31-26)15-18-7-5-9-20(27)14-18/h2-14H,15-16H2,1H3,(H,30,31). The second kappa shape index (κ2) is 8.44. The lowest BCUT2D eigenvalue weighted by Crippen LogP contribution is -1.97. The molecule has 0 saturated carbocycles. The number of rotatable bonds is 5. The zero-order valence-electron chi connectivity index (χ0n) is 17.1. The average molecular weight is 469 g/mol. The fourth-order valence-electron chi connectivity index (χ4n) is 3.79. The Balaban J connectivity index is 1.54. The molecule has 0 bridgehead atoms. The van der Waals surface area contributed by atoms with E-state index >= 15 is 0 Å². The molecular formula is C26H21BrN4. The van der Waals surface area contributed by atoms with Crippen molar-refractivity contribution in [1.82, 2.24) is 19.9 Å². The van der Waals surface area contributed by atoms with Crippen molar-refractivity contribution in [3.8, 4) is 11.4 Å². The summed E-state index contributed by atoms with van der Waals surface area (Å²) in [5, 5.41) is 1.15. The summed E-state index contributed by atoms with van der Waals surface area (Å²) < 4.78 is 1.07. The van der Waals surface area contributed by atoms with Gasteiger partial charge in [0.1, 0.15) is 11.5 Å². The largest absolute Gasteiger partial charge is 0.345 e. The number of aromatic amines is 1. The molecule has 5 aromatic rings. The number of aromatic nitrogens is 4. The first-order valence-corrected chi connectivity index (χ1v) is 11.0. The predicted octanol–water partition coefficient (Wildman–Crippen LogP) is 6.27. The monoisotopic (exact) mass is 468 g/mol. The predicted molar refractivity (Wildman–Crippen MR) is 128 cm³/mol. The minimum absolute atomic E-state index is 0.668. The summed E-state index contributed by atoms with van der Waals surface area (Å²) in [6.45, 7) is 2.00. The number of imidazole rings is 1. The molecule has 2 aromatic carbocycles. The van der Waals surface area contributed by atoms with E-state index in [0.717, 1.165) is 56.1 Å². The van der Waals surface area contributed by atoms with E-state index in [2.05, 4.69) is 51.2 Å². The summed E-state index contributed by atoms with van der Waals surface area (Å²) in [4.78, 5) is 18.1. The number of aryl methyl sites for hydroxylation is 1. The van der Waals surface area contributed by atoms with Crippen molar-refractivity contribution >= 4 is 26.8 Å². The Bertz CT molecular complexity index is 1370. The first kappa shape index (κ1) is 19.6. The van der Waals surface area contributed by atoms with Crippen molar-refractivity contribution in [2.45, 2.75) is 19.8 Å². The Kier molecular flexibility index (Phi) is 5.35. The molecule has 4 nitrogen and oxygen atoms in total. The van der Waals surface area contributed by atoms with Gasteiger partial charge in [-0.3, -0.25) is 9.97 Å². The highest BCUT2D eigenvalue weighted by molar-refractivity contribution is 9.10. The van der Waals surface area contributed by atoms with E-state index in [4.69, 9.17) is 15.0 Å². The van der Waals surface area contributed by atoms with Crippen LogP contribution in [0, 0.1) is 6.92 Å². The smallest absolute Gasteiger partial charge is 0.111 e. The lowest BCUT2D eigenvalue weighted by Gasteiger charge is -2.05. The molecule has 31 heavy (non-hydrogen) atoms. The van der Waals surface area contributed by atoms with Gasteiger partial charge in [-0.05, 0) is 48.9 Å². The summed E-state index contributed by atoms with van der Waals surface area (Å²) in [6.07, 6.45) is 1.39. The van der Waals surface area contributed by atoms with Gasteiger partial charge in [-0.1, -0.05) is 58.4 Å². The molecule has 0 atom stereocenters. The Hall–Kier alpha value is -3.31. The van der Waals surface area contributed by atoms with Gasteiger partial charge in [0, 0.05) is 34.1 Å². The zero-order valence-corrected chi connectivity index (χ0v) is 18.7. The van der Waals surface area contributed by atoms with Crippen LogP contribution in [0.4, 0.5) is 0 Å². The fraction of sp³-hybridized carbons (Fsp3) is 0.115. The lowest BCUT2D eigenvalue weighted by atomic mass is 10.1. The van der Waals surface area contributed by atoms with Crippen LogP contribution in [0.1, 0.15) is 28.5 Å². The number of pyridine rings is 2. The molecule has 0 fully saturated rings. The van der Waals surface area contributed by atoms with Crippen molar-refractivity contribution in [3.05, 3.63) is 112 Å². The number of halogens is 1. The first-order valence-electron chi connectivity index (χ1n) is 10.2. The minimum Gasteiger partial charge on any atom is -0.345 e. The van der Waals surface area contributed by atoms with Gasteiger partial charge in [0.25, 0.3) is 0 Å². The Morgan fingerprint density at radius 2 is 1.68 bits per heavy atom. The van der Waals surface area contributed by atoms with Gasteiger partial charge < -0.3 is 4.98 Å². The van der Waals surface area contributed by atoms with E-state index in [1.54, 1.807) is 0 Å². The van der Waals surface area contributed by atoms with Gasteiger partial charge in [-0.25, -0.2) is 4.98 Å². The molecule has 1 N–H and O–H groups in total. The quantitative estimate of drug-likeness (QED) is 0.330. The number of hydrogen-bond donors (Lipinski definition) is 1. The van der Waals surface area contributed by atoms with Crippen LogP contribution in [0.3, 0.4) is 0 Å². The summed E-state index contributed by atoms with van der Waals surface area (Å²) in [5.74, 6) is 0.923. The summed E-state index contributed by atoms with van der Waals surface area (Å²) in [5.41, 5.74) is 6.99. The number of benzene rings is 2. The van der Waals surface area contributed by atoms with E-state index in [1.165, 1.54) is 5.56 Å². The lowest BCUT2D eigenvalue weighted by molar-refractivity contribution is 0.987. The second-order valence-corrected chi connectivity index (χ2v) is 8.57. The minimum atomic E-state index is 0.668. The van der Waals surface area contributed by atoms with Gasteiger partial charge in [0.15, 0.2) is 0 Å². The van der Waals surface area contributed by atoms with Crippen molar-refractivity contribution in [1.29, 1.82) is 0 Å². The molecule has 3 heterocycles. The molecule has 0 amide bonds. The van der Waals surface area contributed by atoms with E-state index in [1.807, 2.05) is 55.5 Å². The molecule has 3 aromatic heterocycles. The molecule has 5 heteroatoms. The maximum Gasteiger partial charge on any atom is 0.111 e. The molecule has 0 aliphatic heterocycles. The molecule has 0 aliphatic carbocycles. The number of nitrogens with one attached hydrogen (secondary N) is 1. The number of fused-ring (bicyclic) bond motifs is 1. The van der Waals surface area contributed by atoms with Gasteiger partial charge in [-0.2, -0.15) is 0 Å². The maximum absolute atomic E-state index is 4.94. The fourth-order valence-corrected chi connectivity index (χ4v) is 4.24. The highest BCUT2D eigenvalue weighted by Gasteiger charge is 2.15. The van der Waals surface area contributed by atoms with E-state index in [0.29, 0.717) is 6.42 Å². The molecule has 0 aliphatic rings. The number of nitrogens with zero attached hydrogens (tertiary/aromatic N) is 3. The van der Waals surface area contributed by atoms with Crippen LogP contribution < -0.4 is 0 Å². The van der Waals surface area contributed by atoms with Gasteiger partial charge >= 0.3 is 0 Å². The summed E-state index contributed by atoms with van der Waals surface area (Å²) >= 11 is 3.55. The van der Waals surface area contributed by atoms with Gasteiger partial charge in [0.2, 0.25) is 0 Å². The van der Waals surface area contributed by atoms with Crippen LogP contribution in [0.5, 0.6) is 0 Å². The Labute approximate surface area is 189 Å². The van der Waals surface area contributed by atoms with Crippen LogP contribution in [-0.4, -0.2) is 19.9 Å².